The predicted octanol–water partition coefficient (Wildman–Crippen LogP) is 0.944. The molecule has 0 saturated carbocycles. The molecule has 4 heteroatoms. The fraction of sp³-hybridized carbons (Fsp3) is 0.538. The van der Waals surface area contributed by atoms with Crippen LogP contribution < -0.4 is 15.4 Å². The van der Waals surface area contributed by atoms with Gasteiger partial charge in [-0.15, -0.1) is 0 Å². The van der Waals surface area contributed by atoms with Crippen LogP contribution in [0.1, 0.15) is 11.6 Å². The van der Waals surface area contributed by atoms with E-state index >= 15 is 0 Å². The Bertz CT molecular complexity index is 351. The number of likely N-dealkylation sites (N-methyl/N-ethyl adjacent to an activating group) is 1. The van der Waals surface area contributed by atoms with Crippen molar-refractivity contribution in [2.75, 3.05) is 33.9 Å². The van der Waals surface area contributed by atoms with Crippen molar-refractivity contribution in [3.63, 3.8) is 0 Å². The topological polar surface area (TPSA) is 42.5 Å². The Morgan fingerprint density at radius 3 is 3.06 bits per heavy atom. The van der Waals surface area contributed by atoms with E-state index in [-0.39, 0.29) is 6.04 Å². The second-order valence-corrected chi connectivity index (χ2v) is 4.18. The standard InChI is InChI=1S/C13H20N2O2/c1-14-13(12-9-17-7-6-15-12)10-4-3-5-11(8-10)16-2/h3-5,8,12-15H,6-7,9H2,1-2H3. The molecule has 1 aliphatic rings. The molecule has 2 rings (SSSR count). The lowest BCUT2D eigenvalue weighted by Gasteiger charge is -2.31. The van der Waals surface area contributed by atoms with Gasteiger partial charge in [0.05, 0.1) is 26.4 Å². The number of nitrogens with one attached hydrogen (secondary N) is 2. The molecule has 1 heterocycles. The Morgan fingerprint density at radius 1 is 1.53 bits per heavy atom. The summed E-state index contributed by atoms with van der Waals surface area (Å²) >= 11 is 0. The Kier molecular flexibility index (Phi) is 4.36. The zero-order chi connectivity index (χ0) is 12.1. The zero-order valence-corrected chi connectivity index (χ0v) is 10.4. The van der Waals surface area contributed by atoms with Gasteiger partial charge in [-0.2, -0.15) is 0 Å². The van der Waals surface area contributed by atoms with Gasteiger partial charge < -0.3 is 20.1 Å². The first-order valence-corrected chi connectivity index (χ1v) is 5.97. The maximum atomic E-state index is 5.51. The Labute approximate surface area is 102 Å². The molecular formula is C13H20N2O2. The molecule has 1 aromatic rings. The van der Waals surface area contributed by atoms with Gasteiger partial charge >= 0.3 is 0 Å². The minimum absolute atomic E-state index is 0.241. The Hall–Kier alpha value is -1.10. The predicted molar refractivity (Wildman–Crippen MR) is 67.4 cm³/mol. The molecule has 4 nitrogen and oxygen atoms in total. The van der Waals surface area contributed by atoms with Crippen LogP contribution in [0.3, 0.4) is 0 Å². The van der Waals surface area contributed by atoms with Crippen molar-refractivity contribution in [1.29, 1.82) is 0 Å². The average Bonchev–Trinajstić information content (AvgIpc) is 2.41. The molecule has 0 bridgehead atoms. The van der Waals surface area contributed by atoms with Crippen LogP contribution in [0.5, 0.6) is 5.75 Å². The van der Waals surface area contributed by atoms with Crippen molar-refractivity contribution in [3.8, 4) is 5.75 Å². The van der Waals surface area contributed by atoms with Gasteiger partial charge in [-0.3, -0.25) is 0 Å². The smallest absolute Gasteiger partial charge is 0.119 e. The van der Waals surface area contributed by atoms with Gasteiger partial charge in [0, 0.05) is 12.6 Å². The first-order valence-electron chi connectivity index (χ1n) is 5.97. The summed E-state index contributed by atoms with van der Waals surface area (Å²) < 4.78 is 10.8. The van der Waals surface area contributed by atoms with Crippen molar-refractivity contribution in [2.24, 2.45) is 0 Å². The van der Waals surface area contributed by atoms with E-state index < -0.39 is 0 Å². The lowest BCUT2D eigenvalue weighted by Crippen LogP contribution is -2.48. The van der Waals surface area contributed by atoms with Gasteiger partial charge in [-0.1, -0.05) is 12.1 Å². The normalized spacial score (nSPS) is 22.1. The van der Waals surface area contributed by atoms with E-state index in [2.05, 4.69) is 22.8 Å². The molecule has 0 aliphatic carbocycles. The van der Waals surface area contributed by atoms with Gasteiger partial charge in [-0.25, -0.2) is 0 Å². The van der Waals surface area contributed by atoms with E-state index in [0.29, 0.717) is 6.04 Å². The highest BCUT2D eigenvalue weighted by Crippen LogP contribution is 2.22. The molecule has 1 fully saturated rings. The van der Waals surface area contributed by atoms with Gasteiger partial charge in [0.1, 0.15) is 5.75 Å². The van der Waals surface area contributed by atoms with Crippen molar-refractivity contribution in [3.05, 3.63) is 29.8 Å². The molecule has 94 valence electrons. The quantitative estimate of drug-likeness (QED) is 0.816. The van der Waals surface area contributed by atoms with Crippen LogP contribution in [0.25, 0.3) is 0 Å². The second kappa shape index (κ2) is 6.00. The summed E-state index contributed by atoms with van der Waals surface area (Å²) in [6.07, 6.45) is 0. The molecule has 0 radical (unpaired) electrons. The van der Waals surface area contributed by atoms with Gasteiger partial charge in [0.25, 0.3) is 0 Å². The van der Waals surface area contributed by atoms with Crippen molar-refractivity contribution < 1.29 is 9.47 Å². The minimum Gasteiger partial charge on any atom is -0.497 e. The first-order chi connectivity index (χ1) is 8.35. The number of ether oxygens (including phenoxy) is 2. The fourth-order valence-electron chi connectivity index (χ4n) is 2.23. The molecule has 0 spiro atoms. The summed E-state index contributed by atoms with van der Waals surface area (Å²) in [5, 5.41) is 6.82. The summed E-state index contributed by atoms with van der Waals surface area (Å²) in [5.74, 6) is 0.888. The van der Waals surface area contributed by atoms with E-state index in [1.807, 2.05) is 19.2 Å². The van der Waals surface area contributed by atoms with Crippen molar-refractivity contribution >= 4 is 0 Å². The highest BCUT2D eigenvalue weighted by molar-refractivity contribution is 5.31. The average molecular weight is 236 g/mol. The van der Waals surface area contributed by atoms with Crippen LogP contribution in [0.4, 0.5) is 0 Å². The van der Waals surface area contributed by atoms with Gasteiger partial charge in [0.15, 0.2) is 0 Å². The molecular weight excluding hydrogens is 216 g/mol. The van der Waals surface area contributed by atoms with Crippen LogP contribution >= 0.6 is 0 Å². The molecule has 0 amide bonds. The molecule has 2 atom stereocenters. The summed E-state index contributed by atoms with van der Waals surface area (Å²) in [6.45, 7) is 2.45. The number of hydrogen-bond donors (Lipinski definition) is 2. The lowest BCUT2D eigenvalue weighted by molar-refractivity contribution is 0.0645. The Morgan fingerprint density at radius 2 is 2.41 bits per heavy atom. The molecule has 2 N–H and O–H groups in total. The van der Waals surface area contributed by atoms with Crippen LogP contribution in [-0.4, -0.2) is 40.0 Å². The van der Waals surface area contributed by atoms with Gasteiger partial charge in [-0.05, 0) is 24.7 Å². The highest BCUT2D eigenvalue weighted by Gasteiger charge is 2.24. The molecule has 17 heavy (non-hydrogen) atoms. The third-order valence-electron chi connectivity index (χ3n) is 3.12. The number of benzene rings is 1. The van der Waals surface area contributed by atoms with Crippen LogP contribution in [0, 0.1) is 0 Å². The molecule has 1 saturated heterocycles. The number of morpholine rings is 1. The van der Waals surface area contributed by atoms with Crippen LogP contribution in [0.2, 0.25) is 0 Å². The van der Waals surface area contributed by atoms with E-state index in [9.17, 15) is 0 Å². The molecule has 0 aromatic heterocycles. The zero-order valence-electron chi connectivity index (χ0n) is 10.4. The Balaban J connectivity index is 2.15. The van der Waals surface area contributed by atoms with E-state index in [4.69, 9.17) is 9.47 Å². The number of methoxy groups -OCH3 is 1. The maximum Gasteiger partial charge on any atom is 0.119 e. The van der Waals surface area contributed by atoms with E-state index in [1.165, 1.54) is 5.56 Å². The summed E-state index contributed by atoms with van der Waals surface area (Å²) in [6, 6.07) is 8.70. The third kappa shape index (κ3) is 2.97. The first kappa shape index (κ1) is 12.4. The van der Waals surface area contributed by atoms with Crippen LogP contribution in [0.15, 0.2) is 24.3 Å². The third-order valence-corrected chi connectivity index (χ3v) is 3.12. The largest absolute Gasteiger partial charge is 0.497 e. The van der Waals surface area contributed by atoms with Crippen molar-refractivity contribution in [1.82, 2.24) is 10.6 Å². The molecule has 1 aromatic carbocycles. The number of hydrogen-bond acceptors (Lipinski definition) is 4. The SMILES string of the molecule is CNC(c1cccc(OC)c1)C1COCCN1. The fourth-order valence-corrected chi connectivity index (χ4v) is 2.23. The number of rotatable bonds is 4. The summed E-state index contributed by atoms with van der Waals surface area (Å²) in [5.41, 5.74) is 1.22. The van der Waals surface area contributed by atoms with Crippen molar-refractivity contribution in [2.45, 2.75) is 12.1 Å². The monoisotopic (exact) mass is 236 g/mol. The maximum absolute atomic E-state index is 5.51. The minimum atomic E-state index is 0.241. The van der Waals surface area contributed by atoms with E-state index in [1.54, 1.807) is 7.11 Å². The second-order valence-electron chi connectivity index (χ2n) is 4.18. The highest BCUT2D eigenvalue weighted by atomic mass is 16.5. The lowest BCUT2D eigenvalue weighted by atomic mass is 9.99. The summed E-state index contributed by atoms with van der Waals surface area (Å²) in [4.78, 5) is 0. The van der Waals surface area contributed by atoms with Gasteiger partial charge in [0.2, 0.25) is 0 Å². The van der Waals surface area contributed by atoms with Crippen LogP contribution in [-0.2, 0) is 4.74 Å². The molecule has 2 unspecified atom stereocenters. The molecule has 1 aliphatic heterocycles. The van der Waals surface area contributed by atoms with E-state index in [0.717, 1.165) is 25.5 Å². The summed E-state index contributed by atoms with van der Waals surface area (Å²) in [7, 11) is 3.66.